The highest BCUT2D eigenvalue weighted by Crippen LogP contribution is 2.34. The first-order chi connectivity index (χ1) is 18.6. The van der Waals surface area contributed by atoms with Crippen LogP contribution in [0.25, 0.3) is 5.69 Å². The van der Waals surface area contributed by atoms with Crippen LogP contribution in [-0.4, -0.2) is 52.6 Å². The molecule has 0 aliphatic carbocycles. The van der Waals surface area contributed by atoms with Crippen LogP contribution >= 0.6 is 0 Å². The van der Waals surface area contributed by atoms with E-state index in [0.717, 1.165) is 25.0 Å². The molecular formula is C29H36F2N4O4. The number of amides is 2. The molecule has 210 valence electrons. The Kier molecular flexibility index (Phi) is 8.74. The summed E-state index contributed by atoms with van der Waals surface area (Å²) in [6, 6.07) is 10.1. The van der Waals surface area contributed by atoms with Gasteiger partial charge in [0.2, 0.25) is 5.88 Å². The van der Waals surface area contributed by atoms with E-state index >= 15 is 0 Å². The summed E-state index contributed by atoms with van der Waals surface area (Å²) in [5, 5.41) is 7.82. The van der Waals surface area contributed by atoms with Gasteiger partial charge in [0.15, 0.2) is 11.6 Å². The average Bonchev–Trinajstić information content (AvgIpc) is 3.52. The molecule has 0 saturated carbocycles. The van der Waals surface area contributed by atoms with Crippen molar-refractivity contribution in [2.45, 2.75) is 65.1 Å². The Morgan fingerprint density at radius 2 is 1.95 bits per heavy atom. The molecular weight excluding hydrogens is 506 g/mol. The Morgan fingerprint density at radius 1 is 1.21 bits per heavy atom. The van der Waals surface area contributed by atoms with Gasteiger partial charge in [0.1, 0.15) is 11.6 Å². The third kappa shape index (κ3) is 7.06. The maximum atomic E-state index is 14.7. The highest BCUT2D eigenvalue weighted by atomic mass is 19.1. The van der Waals surface area contributed by atoms with Gasteiger partial charge in [0.25, 0.3) is 0 Å². The van der Waals surface area contributed by atoms with Crippen LogP contribution in [0.15, 0.2) is 42.5 Å². The van der Waals surface area contributed by atoms with E-state index in [1.807, 2.05) is 27.7 Å². The quantitative estimate of drug-likeness (QED) is 0.359. The highest BCUT2D eigenvalue weighted by molar-refractivity contribution is 5.75. The molecule has 3 aromatic rings. The summed E-state index contributed by atoms with van der Waals surface area (Å²) in [5.74, 6) is -0.804. The predicted molar refractivity (Wildman–Crippen MR) is 144 cm³/mol. The molecule has 1 atom stereocenters. The number of aryl methyl sites for hydroxylation is 1. The Morgan fingerprint density at radius 3 is 2.54 bits per heavy atom. The first-order valence-corrected chi connectivity index (χ1v) is 13.1. The van der Waals surface area contributed by atoms with E-state index in [4.69, 9.17) is 19.3 Å². The molecule has 2 heterocycles. The molecule has 1 saturated heterocycles. The second-order valence-corrected chi connectivity index (χ2v) is 10.6. The van der Waals surface area contributed by atoms with Gasteiger partial charge in [-0.2, -0.15) is 5.10 Å². The number of nitrogens with zero attached hydrogens (tertiary/aromatic N) is 3. The molecule has 1 N–H and O–H groups in total. The number of hydrogen-bond donors (Lipinski definition) is 1. The fraction of sp³-hybridized carbons (Fsp3) is 0.448. The van der Waals surface area contributed by atoms with E-state index in [9.17, 15) is 13.6 Å². The molecule has 1 aromatic heterocycles. The number of carbonyl (C=O) groups excluding carboxylic acids is 1. The lowest BCUT2D eigenvalue weighted by atomic mass is 10.1. The van der Waals surface area contributed by atoms with Crippen LogP contribution in [-0.2, 0) is 17.7 Å². The van der Waals surface area contributed by atoms with Crippen molar-refractivity contribution in [2.24, 2.45) is 0 Å². The van der Waals surface area contributed by atoms with Gasteiger partial charge in [-0.3, -0.25) is 0 Å². The van der Waals surface area contributed by atoms with Gasteiger partial charge in [0.05, 0.1) is 36.7 Å². The van der Waals surface area contributed by atoms with E-state index in [-0.39, 0.29) is 30.3 Å². The summed E-state index contributed by atoms with van der Waals surface area (Å²) in [7, 11) is 1.58. The minimum atomic E-state index is -0.844. The molecule has 39 heavy (non-hydrogen) atoms. The van der Waals surface area contributed by atoms with Crippen LogP contribution in [0.5, 0.6) is 17.4 Å². The number of halogens is 2. The maximum Gasteiger partial charge on any atom is 0.318 e. The Bertz CT molecular complexity index is 1280. The fourth-order valence-electron chi connectivity index (χ4n) is 4.43. The Hall–Kier alpha value is -3.66. The summed E-state index contributed by atoms with van der Waals surface area (Å²) >= 11 is 0. The van der Waals surface area contributed by atoms with Crippen molar-refractivity contribution in [2.75, 3.05) is 20.3 Å². The Labute approximate surface area is 227 Å². The average molecular weight is 543 g/mol. The zero-order chi connectivity index (χ0) is 28.2. The van der Waals surface area contributed by atoms with Crippen LogP contribution in [0.3, 0.4) is 0 Å². The molecule has 2 aromatic carbocycles. The van der Waals surface area contributed by atoms with E-state index in [1.165, 1.54) is 6.07 Å². The number of carbonyl (C=O) groups is 1. The zero-order valence-corrected chi connectivity index (χ0v) is 23.1. The molecule has 2 amide bonds. The molecule has 1 fully saturated rings. The molecule has 1 aliphatic heterocycles. The fourth-order valence-corrected chi connectivity index (χ4v) is 4.43. The molecule has 0 bridgehead atoms. The van der Waals surface area contributed by atoms with Gasteiger partial charge in [-0.1, -0.05) is 6.92 Å². The maximum absolute atomic E-state index is 14.7. The largest absolute Gasteiger partial charge is 0.497 e. The summed E-state index contributed by atoms with van der Waals surface area (Å²) in [5.41, 5.74) is 1.51. The van der Waals surface area contributed by atoms with Gasteiger partial charge < -0.3 is 24.4 Å². The number of ether oxygens (including phenoxy) is 3. The standard InChI is InChI=1S/C29H36F2N4O4/c1-6-25-23(18-34(17-22-8-7-15-38-22)28(36)32-29(2,3)4)27(39-26-14-9-19(30)16-24(26)31)35(33-25)20-10-12-21(37-5)13-11-20/h9-14,16,22H,6-8,15,17-18H2,1-5H3,(H,32,36)/t22-/m0/s1. The zero-order valence-electron chi connectivity index (χ0n) is 23.1. The van der Waals surface area contributed by atoms with Crippen molar-refractivity contribution in [1.29, 1.82) is 0 Å². The predicted octanol–water partition coefficient (Wildman–Crippen LogP) is 6.00. The Balaban J connectivity index is 1.79. The lowest BCUT2D eigenvalue weighted by Crippen LogP contribution is -2.50. The molecule has 0 unspecified atom stereocenters. The van der Waals surface area contributed by atoms with Crippen molar-refractivity contribution in [1.82, 2.24) is 20.0 Å². The third-order valence-electron chi connectivity index (χ3n) is 6.34. The van der Waals surface area contributed by atoms with Crippen molar-refractivity contribution >= 4 is 6.03 Å². The smallest absolute Gasteiger partial charge is 0.318 e. The molecule has 4 rings (SSSR count). The van der Waals surface area contributed by atoms with Crippen molar-refractivity contribution in [3.63, 3.8) is 0 Å². The number of rotatable bonds is 9. The van der Waals surface area contributed by atoms with Crippen molar-refractivity contribution < 1.29 is 27.8 Å². The number of urea groups is 1. The molecule has 10 heteroatoms. The van der Waals surface area contributed by atoms with E-state index in [1.54, 1.807) is 41.0 Å². The molecule has 0 radical (unpaired) electrons. The second-order valence-electron chi connectivity index (χ2n) is 10.6. The molecule has 8 nitrogen and oxygen atoms in total. The van der Waals surface area contributed by atoms with Gasteiger partial charge >= 0.3 is 6.03 Å². The number of aromatic nitrogens is 2. The van der Waals surface area contributed by atoms with E-state index in [0.29, 0.717) is 42.3 Å². The number of nitrogens with one attached hydrogen (secondary N) is 1. The van der Waals surface area contributed by atoms with Gasteiger partial charge in [-0.15, -0.1) is 0 Å². The van der Waals surface area contributed by atoms with E-state index in [2.05, 4.69) is 5.32 Å². The summed E-state index contributed by atoms with van der Waals surface area (Å²) in [4.78, 5) is 15.1. The van der Waals surface area contributed by atoms with Crippen LogP contribution in [0.1, 0.15) is 51.8 Å². The summed E-state index contributed by atoms with van der Waals surface area (Å²) in [6.07, 6.45) is 2.24. The first kappa shape index (κ1) is 28.4. The molecule has 0 spiro atoms. The lowest BCUT2D eigenvalue weighted by molar-refractivity contribution is 0.0779. The number of hydrogen-bond acceptors (Lipinski definition) is 5. The monoisotopic (exact) mass is 542 g/mol. The lowest BCUT2D eigenvalue weighted by Gasteiger charge is -2.30. The van der Waals surface area contributed by atoms with Crippen LogP contribution in [0.2, 0.25) is 0 Å². The van der Waals surface area contributed by atoms with Crippen LogP contribution in [0, 0.1) is 11.6 Å². The van der Waals surface area contributed by atoms with Gasteiger partial charge in [-0.25, -0.2) is 18.3 Å². The number of benzene rings is 2. The van der Waals surface area contributed by atoms with Gasteiger partial charge in [-0.05, 0) is 76.4 Å². The number of methoxy groups -OCH3 is 1. The highest BCUT2D eigenvalue weighted by Gasteiger charge is 2.29. The van der Waals surface area contributed by atoms with E-state index < -0.39 is 17.2 Å². The van der Waals surface area contributed by atoms with Crippen LogP contribution in [0.4, 0.5) is 13.6 Å². The van der Waals surface area contributed by atoms with Crippen molar-refractivity contribution in [3.05, 3.63) is 65.4 Å². The topological polar surface area (TPSA) is 77.8 Å². The SMILES string of the molecule is CCc1nn(-c2ccc(OC)cc2)c(Oc2ccc(F)cc2F)c1CN(C[C@@H]1CCCO1)C(=O)NC(C)(C)C. The third-order valence-corrected chi connectivity index (χ3v) is 6.34. The minimum Gasteiger partial charge on any atom is -0.497 e. The summed E-state index contributed by atoms with van der Waals surface area (Å²) < 4.78 is 47.2. The second kappa shape index (κ2) is 12.0. The summed E-state index contributed by atoms with van der Waals surface area (Å²) in [6.45, 7) is 8.89. The molecule has 1 aliphatic rings. The minimum absolute atomic E-state index is 0.0867. The normalized spacial score (nSPS) is 15.3. The first-order valence-electron chi connectivity index (χ1n) is 13.1. The van der Waals surface area contributed by atoms with Crippen LogP contribution < -0.4 is 14.8 Å². The van der Waals surface area contributed by atoms with Gasteiger partial charge in [0, 0.05) is 24.8 Å². The van der Waals surface area contributed by atoms with Crippen molar-refractivity contribution in [3.8, 4) is 23.1 Å².